The lowest BCUT2D eigenvalue weighted by Crippen LogP contribution is -2.09. The Morgan fingerprint density at radius 3 is 2.33 bits per heavy atom. The Labute approximate surface area is 137 Å². The van der Waals surface area contributed by atoms with Crippen LogP contribution in [0.4, 0.5) is 18.9 Å². The Balaban J connectivity index is 2.25. The molecule has 0 heterocycles. The molecule has 2 aromatic carbocycles. The zero-order valence-corrected chi connectivity index (χ0v) is 14.2. The van der Waals surface area contributed by atoms with Crippen LogP contribution in [0.2, 0.25) is 0 Å². The molecule has 0 aliphatic rings. The number of alkyl halides is 3. The Kier molecular flexibility index (Phi) is 4.99. The van der Waals surface area contributed by atoms with Crippen LogP contribution in [-0.4, -0.2) is 0 Å². The second-order valence-corrected chi connectivity index (χ2v) is 6.48. The Morgan fingerprint density at radius 2 is 1.71 bits per heavy atom. The molecule has 1 atom stereocenters. The Morgan fingerprint density at radius 1 is 1.00 bits per heavy atom. The van der Waals surface area contributed by atoms with Crippen LogP contribution < -0.4 is 5.32 Å². The van der Waals surface area contributed by atoms with Crippen LogP contribution in [-0.2, 0) is 6.18 Å². The van der Waals surface area contributed by atoms with E-state index in [1.54, 1.807) is 6.07 Å². The first-order chi connectivity index (χ1) is 9.75. The van der Waals surface area contributed by atoms with Crippen molar-refractivity contribution in [3.8, 4) is 0 Å². The van der Waals surface area contributed by atoms with Crippen LogP contribution in [0, 0.1) is 0 Å². The minimum atomic E-state index is -4.36. The number of hydrogen-bond donors (Lipinski definition) is 1. The van der Waals surface area contributed by atoms with Crippen LogP contribution in [0.5, 0.6) is 0 Å². The van der Waals surface area contributed by atoms with E-state index in [0.29, 0.717) is 10.2 Å². The maximum atomic E-state index is 12.8. The van der Waals surface area contributed by atoms with E-state index in [-0.39, 0.29) is 6.04 Å². The van der Waals surface area contributed by atoms with Gasteiger partial charge in [0, 0.05) is 20.7 Å². The van der Waals surface area contributed by atoms with Gasteiger partial charge in [-0.3, -0.25) is 0 Å². The number of halogens is 5. The van der Waals surface area contributed by atoms with Crippen LogP contribution in [0.25, 0.3) is 0 Å². The van der Waals surface area contributed by atoms with E-state index in [1.165, 1.54) is 0 Å². The molecular weight excluding hydrogens is 411 g/mol. The zero-order chi connectivity index (χ0) is 15.6. The molecule has 0 amide bonds. The highest BCUT2D eigenvalue weighted by Crippen LogP contribution is 2.34. The van der Waals surface area contributed by atoms with Crippen molar-refractivity contribution in [3.63, 3.8) is 0 Å². The molecule has 0 spiro atoms. The fourth-order valence-corrected chi connectivity index (χ4v) is 2.86. The van der Waals surface area contributed by atoms with Crippen molar-refractivity contribution in [1.29, 1.82) is 0 Å². The predicted molar refractivity (Wildman–Crippen MR) is 85.3 cm³/mol. The molecule has 1 N–H and O–H groups in total. The predicted octanol–water partition coefficient (Wildman–Crippen LogP) is 6.40. The quantitative estimate of drug-likeness (QED) is 0.603. The van der Waals surface area contributed by atoms with Gasteiger partial charge in [-0.25, -0.2) is 0 Å². The molecule has 0 fully saturated rings. The minimum absolute atomic E-state index is 0.113. The van der Waals surface area contributed by atoms with Crippen LogP contribution in [0.3, 0.4) is 0 Å². The van der Waals surface area contributed by atoms with Gasteiger partial charge in [0.2, 0.25) is 0 Å². The van der Waals surface area contributed by atoms with Crippen LogP contribution in [0.15, 0.2) is 51.4 Å². The number of hydrogen-bond acceptors (Lipinski definition) is 1. The third kappa shape index (κ3) is 4.48. The van der Waals surface area contributed by atoms with Gasteiger partial charge in [-0.1, -0.05) is 44.0 Å². The van der Waals surface area contributed by atoms with Gasteiger partial charge in [0.15, 0.2) is 0 Å². The van der Waals surface area contributed by atoms with Crippen molar-refractivity contribution in [2.24, 2.45) is 0 Å². The molecule has 0 aliphatic heterocycles. The maximum absolute atomic E-state index is 12.8. The molecule has 0 radical (unpaired) electrons. The van der Waals surface area contributed by atoms with E-state index in [9.17, 15) is 13.2 Å². The number of rotatable bonds is 3. The number of benzene rings is 2. The summed E-state index contributed by atoms with van der Waals surface area (Å²) in [5.41, 5.74) is 0.725. The monoisotopic (exact) mass is 421 g/mol. The van der Waals surface area contributed by atoms with E-state index >= 15 is 0 Å². The molecule has 0 bridgehead atoms. The summed E-state index contributed by atoms with van der Waals surface area (Å²) in [4.78, 5) is 0. The van der Waals surface area contributed by atoms with Crippen molar-refractivity contribution >= 4 is 37.5 Å². The standard InChI is InChI=1S/C15H12Br2F3N/c1-9(10-3-2-4-12(16)5-10)21-14-7-11(15(18,19)20)6-13(17)8-14/h2-9,21H,1H3. The van der Waals surface area contributed by atoms with Crippen molar-refractivity contribution in [2.75, 3.05) is 5.32 Å². The van der Waals surface area contributed by atoms with Crippen molar-refractivity contribution in [2.45, 2.75) is 19.1 Å². The van der Waals surface area contributed by atoms with Gasteiger partial charge in [-0.15, -0.1) is 0 Å². The lowest BCUT2D eigenvalue weighted by Gasteiger charge is -2.18. The third-order valence-corrected chi connectivity index (χ3v) is 3.91. The van der Waals surface area contributed by atoms with Crippen molar-refractivity contribution in [1.82, 2.24) is 0 Å². The number of anilines is 1. The summed E-state index contributed by atoms with van der Waals surface area (Å²) in [6.07, 6.45) is -4.36. The summed E-state index contributed by atoms with van der Waals surface area (Å²) in [5.74, 6) is 0. The van der Waals surface area contributed by atoms with E-state index < -0.39 is 11.7 Å². The molecule has 21 heavy (non-hydrogen) atoms. The van der Waals surface area contributed by atoms with Crippen LogP contribution >= 0.6 is 31.9 Å². The molecule has 1 unspecified atom stereocenters. The average molecular weight is 423 g/mol. The maximum Gasteiger partial charge on any atom is 0.416 e. The highest BCUT2D eigenvalue weighted by Gasteiger charge is 2.31. The molecule has 6 heteroatoms. The van der Waals surface area contributed by atoms with Crippen molar-refractivity contribution < 1.29 is 13.2 Å². The third-order valence-electron chi connectivity index (χ3n) is 2.96. The second kappa shape index (κ2) is 6.40. The molecule has 0 saturated carbocycles. The molecule has 112 valence electrons. The topological polar surface area (TPSA) is 12.0 Å². The van der Waals surface area contributed by atoms with Gasteiger partial charge in [0.25, 0.3) is 0 Å². The smallest absolute Gasteiger partial charge is 0.378 e. The molecule has 0 saturated heterocycles. The van der Waals surface area contributed by atoms with Gasteiger partial charge in [0.1, 0.15) is 0 Å². The molecule has 0 aromatic heterocycles. The van der Waals surface area contributed by atoms with Gasteiger partial charge in [0.05, 0.1) is 5.56 Å². The van der Waals surface area contributed by atoms with Gasteiger partial charge >= 0.3 is 6.18 Å². The van der Waals surface area contributed by atoms with Gasteiger partial charge in [-0.2, -0.15) is 13.2 Å². The lowest BCUT2D eigenvalue weighted by molar-refractivity contribution is -0.137. The summed E-state index contributed by atoms with van der Waals surface area (Å²) in [6, 6.07) is 11.3. The van der Waals surface area contributed by atoms with Crippen molar-refractivity contribution in [3.05, 3.63) is 62.5 Å². The van der Waals surface area contributed by atoms with E-state index in [4.69, 9.17) is 0 Å². The zero-order valence-electron chi connectivity index (χ0n) is 11.0. The fourth-order valence-electron chi connectivity index (χ4n) is 1.95. The molecular formula is C15H12Br2F3N. The first-order valence-corrected chi connectivity index (χ1v) is 7.74. The van der Waals surface area contributed by atoms with Gasteiger partial charge in [-0.05, 0) is 42.8 Å². The van der Waals surface area contributed by atoms with E-state index in [1.807, 2.05) is 31.2 Å². The first kappa shape index (κ1) is 16.4. The summed E-state index contributed by atoms with van der Waals surface area (Å²) < 4.78 is 39.7. The summed E-state index contributed by atoms with van der Waals surface area (Å²) in [5, 5.41) is 3.09. The summed E-state index contributed by atoms with van der Waals surface area (Å²) in [6.45, 7) is 1.90. The average Bonchev–Trinajstić information content (AvgIpc) is 2.37. The molecule has 2 rings (SSSR count). The normalized spacial score (nSPS) is 13.0. The lowest BCUT2D eigenvalue weighted by atomic mass is 10.1. The minimum Gasteiger partial charge on any atom is -0.378 e. The largest absolute Gasteiger partial charge is 0.416 e. The van der Waals surface area contributed by atoms with E-state index in [2.05, 4.69) is 37.2 Å². The van der Waals surface area contributed by atoms with E-state index in [0.717, 1.165) is 22.2 Å². The highest BCUT2D eigenvalue weighted by atomic mass is 79.9. The fraction of sp³-hybridized carbons (Fsp3) is 0.200. The Hall–Kier alpha value is -1.01. The van der Waals surface area contributed by atoms with Crippen LogP contribution in [0.1, 0.15) is 24.1 Å². The number of nitrogens with one attached hydrogen (secondary N) is 1. The SMILES string of the molecule is CC(Nc1cc(Br)cc(C(F)(F)F)c1)c1cccc(Br)c1. The summed E-state index contributed by atoms with van der Waals surface area (Å²) in [7, 11) is 0. The molecule has 0 aliphatic carbocycles. The molecule has 2 aromatic rings. The highest BCUT2D eigenvalue weighted by molar-refractivity contribution is 9.10. The second-order valence-electron chi connectivity index (χ2n) is 4.65. The first-order valence-electron chi connectivity index (χ1n) is 6.15. The summed E-state index contributed by atoms with van der Waals surface area (Å²) >= 11 is 6.50. The van der Waals surface area contributed by atoms with Gasteiger partial charge < -0.3 is 5.32 Å². The Bertz CT molecular complexity index is 641. The molecule has 1 nitrogen and oxygen atoms in total.